The van der Waals surface area contributed by atoms with E-state index in [1.165, 1.54) is 186 Å². The van der Waals surface area contributed by atoms with Gasteiger partial charge < -0.3 is 40.3 Å². The van der Waals surface area contributed by atoms with Crippen LogP contribution in [0.3, 0.4) is 0 Å². The van der Waals surface area contributed by atoms with Crippen LogP contribution in [0.15, 0.2) is 97.2 Å². The van der Waals surface area contributed by atoms with E-state index < -0.39 is 49.5 Å². The number of amides is 1. The summed E-state index contributed by atoms with van der Waals surface area (Å²) in [5.74, 6) is -0.196. The van der Waals surface area contributed by atoms with Gasteiger partial charge in [-0.25, -0.2) is 0 Å². The number of aliphatic hydroxyl groups excluding tert-OH is 5. The lowest BCUT2D eigenvalue weighted by Crippen LogP contribution is -2.60. The average molecular weight is 1130 g/mol. The first-order valence-corrected chi connectivity index (χ1v) is 34.0. The van der Waals surface area contributed by atoms with E-state index >= 15 is 0 Å². The van der Waals surface area contributed by atoms with Crippen molar-refractivity contribution in [3.05, 3.63) is 97.2 Å². The van der Waals surface area contributed by atoms with Crippen LogP contribution < -0.4 is 5.32 Å². The highest BCUT2D eigenvalue weighted by molar-refractivity contribution is 5.76. The monoisotopic (exact) mass is 1130 g/mol. The van der Waals surface area contributed by atoms with Crippen LogP contribution in [0.2, 0.25) is 0 Å². The van der Waals surface area contributed by atoms with E-state index in [1.54, 1.807) is 6.08 Å². The summed E-state index contributed by atoms with van der Waals surface area (Å²) in [6.07, 6.45) is 80.8. The molecule has 9 nitrogen and oxygen atoms in total. The molecule has 0 aromatic rings. The van der Waals surface area contributed by atoms with Crippen molar-refractivity contribution < 1.29 is 39.8 Å². The third kappa shape index (κ3) is 49.1. The molecule has 81 heavy (non-hydrogen) atoms. The molecule has 1 amide bonds. The summed E-state index contributed by atoms with van der Waals surface area (Å²) < 4.78 is 11.3. The summed E-state index contributed by atoms with van der Waals surface area (Å²) >= 11 is 0. The summed E-state index contributed by atoms with van der Waals surface area (Å²) in [4.78, 5) is 13.1. The largest absolute Gasteiger partial charge is 0.394 e. The van der Waals surface area contributed by atoms with Crippen molar-refractivity contribution in [3.63, 3.8) is 0 Å². The van der Waals surface area contributed by atoms with Crippen molar-refractivity contribution in [1.82, 2.24) is 5.32 Å². The number of nitrogens with one attached hydrogen (secondary N) is 1. The molecule has 468 valence electrons. The molecule has 0 radical (unpaired) electrons. The van der Waals surface area contributed by atoms with Gasteiger partial charge in [0, 0.05) is 6.42 Å². The van der Waals surface area contributed by atoms with Gasteiger partial charge in [0.2, 0.25) is 5.91 Å². The number of rotatable bonds is 58. The van der Waals surface area contributed by atoms with Crippen LogP contribution in [0, 0.1) is 0 Å². The Morgan fingerprint density at radius 1 is 0.432 bits per heavy atom. The van der Waals surface area contributed by atoms with Crippen molar-refractivity contribution in [1.29, 1.82) is 0 Å². The van der Waals surface area contributed by atoms with E-state index in [2.05, 4.69) is 104 Å². The molecule has 0 aromatic carbocycles. The molecule has 7 atom stereocenters. The first-order valence-electron chi connectivity index (χ1n) is 34.0. The number of ether oxygens (including phenoxy) is 2. The summed E-state index contributed by atoms with van der Waals surface area (Å²) in [5, 5.41) is 54.7. The average Bonchev–Trinajstić information content (AvgIpc) is 3.48. The zero-order valence-corrected chi connectivity index (χ0v) is 52.3. The Morgan fingerprint density at radius 3 is 1.19 bits per heavy atom. The lowest BCUT2D eigenvalue weighted by Gasteiger charge is -2.40. The van der Waals surface area contributed by atoms with Crippen LogP contribution >= 0.6 is 0 Å². The number of allylic oxidation sites excluding steroid dienone is 15. The van der Waals surface area contributed by atoms with E-state index in [1.807, 2.05) is 6.08 Å². The van der Waals surface area contributed by atoms with Gasteiger partial charge in [0.15, 0.2) is 6.29 Å². The van der Waals surface area contributed by atoms with Crippen LogP contribution in [0.1, 0.15) is 296 Å². The molecule has 6 N–H and O–H groups in total. The fraction of sp³-hybridized carbons (Fsp3) is 0.764. The van der Waals surface area contributed by atoms with E-state index in [0.717, 1.165) is 89.9 Å². The van der Waals surface area contributed by atoms with Crippen LogP contribution in [-0.2, 0) is 14.3 Å². The van der Waals surface area contributed by atoms with Gasteiger partial charge in [-0.3, -0.25) is 4.79 Å². The summed E-state index contributed by atoms with van der Waals surface area (Å²) in [6.45, 7) is 3.67. The number of aliphatic hydroxyl groups is 5. The molecular formula is C72H127NO8. The molecule has 0 aliphatic carbocycles. The van der Waals surface area contributed by atoms with E-state index in [9.17, 15) is 30.3 Å². The minimum Gasteiger partial charge on any atom is -0.394 e. The topological polar surface area (TPSA) is 149 Å². The van der Waals surface area contributed by atoms with Crippen LogP contribution in [-0.4, -0.2) is 87.5 Å². The smallest absolute Gasteiger partial charge is 0.220 e. The maximum atomic E-state index is 13.1. The standard InChI is InChI=1S/C72H127NO8/c1-3-5-7-9-11-13-15-17-19-21-23-25-27-29-31-32-33-34-36-37-39-41-43-45-47-49-51-53-55-57-59-61-66(75)65(64-80-72-71(79)70(78)69(77)67(63-74)81-72)73-68(76)62-60-58-56-54-52-50-48-46-44-42-40-38-35-30-28-26-24-22-20-18-16-14-12-10-8-6-4-2/h6,8,12,14,18,20,24,26,30,35,40,42,51,53,59,61,65-67,69-72,74-75,77-79H,3-5,7,9-11,13,15-17,19,21-23,25,27-29,31-34,36-39,41,43-50,52,54-58,60,62-64H2,1-2H3,(H,73,76)/b8-6-,14-12-,20-18-,26-24-,35-30-,42-40-,53-51+,61-59+. The molecule has 1 fully saturated rings. The van der Waals surface area contributed by atoms with Crippen LogP contribution in [0.25, 0.3) is 0 Å². The molecule has 0 spiro atoms. The molecule has 1 rings (SSSR count). The molecule has 0 aromatic heterocycles. The Hall–Kier alpha value is -2.89. The van der Waals surface area contributed by atoms with Crippen molar-refractivity contribution in [2.75, 3.05) is 13.2 Å². The Kier molecular flexibility index (Phi) is 56.6. The predicted molar refractivity (Wildman–Crippen MR) is 345 cm³/mol. The zero-order chi connectivity index (χ0) is 58.6. The van der Waals surface area contributed by atoms with E-state index in [-0.39, 0.29) is 12.5 Å². The molecule has 1 saturated heterocycles. The van der Waals surface area contributed by atoms with Crippen molar-refractivity contribution in [2.24, 2.45) is 0 Å². The number of hydrogen-bond donors (Lipinski definition) is 6. The summed E-state index contributed by atoms with van der Waals surface area (Å²) in [5.41, 5.74) is 0. The van der Waals surface area contributed by atoms with Gasteiger partial charge in [-0.15, -0.1) is 0 Å². The van der Waals surface area contributed by atoms with Crippen molar-refractivity contribution in [3.8, 4) is 0 Å². The molecule has 1 aliphatic heterocycles. The number of hydrogen-bond acceptors (Lipinski definition) is 8. The maximum absolute atomic E-state index is 13.1. The molecule has 0 saturated carbocycles. The highest BCUT2D eigenvalue weighted by atomic mass is 16.7. The molecule has 9 heteroatoms. The lowest BCUT2D eigenvalue weighted by molar-refractivity contribution is -0.302. The van der Waals surface area contributed by atoms with Crippen molar-refractivity contribution in [2.45, 2.75) is 339 Å². The quantitative estimate of drug-likeness (QED) is 0.0261. The Balaban J connectivity index is 2.19. The first kappa shape index (κ1) is 76.1. The molecular weight excluding hydrogens is 1010 g/mol. The number of carbonyl (C=O) groups is 1. The minimum atomic E-state index is -1.58. The fourth-order valence-corrected chi connectivity index (χ4v) is 10.4. The van der Waals surface area contributed by atoms with Gasteiger partial charge in [-0.1, -0.05) is 304 Å². The molecule has 1 heterocycles. The third-order valence-electron chi connectivity index (χ3n) is 15.6. The second kappa shape index (κ2) is 60.2. The summed E-state index contributed by atoms with van der Waals surface area (Å²) in [6, 6.07) is -0.835. The fourth-order valence-electron chi connectivity index (χ4n) is 10.4. The van der Waals surface area contributed by atoms with Crippen molar-refractivity contribution >= 4 is 5.91 Å². The van der Waals surface area contributed by atoms with Gasteiger partial charge in [0.1, 0.15) is 24.4 Å². The van der Waals surface area contributed by atoms with Gasteiger partial charge in [-0.2, -0.15) is 0 Å². The Morgan fingerprint density at radius 2 is 0.778 bits per heavy atom. The lowest BCUT2D eigenvalue weighted by atomic mass is 9.99. The Labute approximate surface area is 498 Å². The second-order valence-electron chi connectivity index (χ2n) is 23.2. The minimum absolute atomic E-state index is 0.196. The van der Waals surface area contributed by atoms with Gasteiger partial charge in [0.25, 0.3) is 0 Å². The SMILES string of the molecule is CC/C=C\C/C=C\C/C=C\C/C=C\C/C=C\C/C=C\CCCCCCCCCCC(=O)NC(COC1OC(CO)C(O)C(O)C1O)C(O)/C=C/CC/C=C/CCCCCCCCCCCCCCCCCCCCCCCCCCC. The second-order valence-corrected chi connectivity index (χ2v) is 23.2. The highest BCUT2D eigenvalue weighted by Crippen LogP contribution is 2.23. The molecule has 0 bridgehead atoms. The van der Waals surface area contributed by atoms with Gasteiger partial charge >= 0.3 is 0 Å². The number of carbonyl (C=O) groups excluding carboxylic acids is 1. The highest BCUT2D eigenvalue weighted by Gasteiger charge is 2.44. The summed E-state index contributed by atoms with van der Waals surface area (Å²) in [7, 11) is 0. The van der Waals surface area contributed by atoms with Crippen LogP contribution in [0.5, 0.6) is 0 Å². The van der Waals surface area contributed by atoms with E-state index in [0.29, 0.717) is 6.42 Å². The van der Waals surface area contributed by atoms with Gasteiger partial charge in [-0.05, 0) is 83.5 Å². The predicted octanol–water partition coefficient (Wildman–Crippen LogP) is 18.3. The van der Waals surface area contributed by atoms with Gasteiger partial charge in [0.05, 0.1) is 25.4 Å². The maximum Gasteiger partial charge on any atom is 0.220 e. The third-order valence-corrected chi connectivity index (χ3v) is 15.6. The normalized spacial score (nSPS) is 19.0. The molecule has 1 aliphatic rings. The zero-order valence-electron chi connectivity index (χ0n) is 52.3. The number of unbranched alkanes of at least 4 members (excludes halogenated alkanes) is 34. The Bertz CT molecular complexity index is 1600. The molecule has 7 unspecified atom stereocenters. The first-order chi connectivity index (χ1) is 39.8. The van der Waals surface area contributed by atoms with Crippen LogP contribution in [0.4, 0.5) is 0 Å². The van der Waals surface area contributed by atoms with E-state index in [4.69, 9.17) is 9.47 Å².